The maximum atomic E-state index is 13.3. The molecule has 1 aromatic carbocycles. The van der Waals surface area contributed by atoms with E-state index in [1.54, 1.807) is 12.1 Å². The van der Waals surface area contributed by atoms with Crippen LogP contribution in [0.25, 0.3) is 0 Å². The Morgan fingerprint density at radius 3 is 2.47 bits per heavy atom. The Kier molecular flexibility index (Phi) is 3.14. The first kappa shape index (κ1) is 11.3. The zero-order valence-corrected chi connectivity index (χ0v) is 8.85. The lowest BCUT2D eigenvalue weighted by Gasteiger charge is -2.00. The highest BCUT2D eigenvalue weighted by atomic mass is 19.1. The third kappa shape index (κ3) is 2.47. The van der Waals surface area contributed by atoms with E-state index in [2.05, 4.69) is 0 Å². The van der Waals surface area contributed by atoms with E-state index < -0.39 is 23.8 Å². The van der Waals surface area contributed by atoms with Gasteiger partial charge in [-0.3, -0.25) is 9.59 Å². The van der Waals surface area contributed by atoms with Gasteiger partial charge in [0.05, 0.1) is 18.2 Å². The zero-order chi connectivity index (χ0) is 12.3. The van der Waals surface area contributed by atoms with Crippen LogP contribution in [0.5, 0.6) is 0 Å². The van der Waals surface area contributed by atoms with E-state index in [-0.39, 0.29) is 11.3 Å². The molecule has 3 nitrogen and oxygen atoms in total. The summed E-state index contributed by atoms with van der Waals surface area (Å²) in [5.41, 5.74) is -0.0765. The van der Waals surface area contributed by atoms with E-state index in [1.165, 1.54) is 30.5 Å². The van der Waals surface area contributed by atoms with Gasteiger partial charge in [0.15, 0.2) is 11.5 Å². The molecule has 0 unspecified atom stereocenters. The summed E-state index contributed by atoms with van der Waals surface area (Å²) < 4.78 is 18.1. The fourth-order valence-corrected chi connectivity index (χ4v) is 1.45. The molecule has 0 saturated carbocycles. The minimum Gasteiger partial charge on any atom is -0.461 e. The van der Waals surface area contributed by atoms with Gasteiger partial charge in [-0.1, -0.05) is 12.1 Å². The molecule has 4 heteroatoms. The van der Waals surface area contributed by atoms with Gasteiger partial charge in [-0.25, -0.2) is 4.39 Å². The Bertz CT molecular complexity index is 544. The number of hydrogen-bond donors (Lipinski definition) is 0. The highest BCUT2D eigenvalue weighted by Crippen LogP contribution is 2.12. The van der Waals surface area contributed by atoms with Gasteiger partial charge in [-0.15, -0.1) is 0 Å². The molecule has 0 aliphatic heterocycles. The minimum atomic E-state index is -0.621. The molecular weight excluding hydrogens is 223 g/mol. The first-order valence-electron chi connectivity index (χ1n) is 5.03. The molecule has 0 radical (unpaired) electrons. The summed E-state index contributed by atoms with van der Waals surface area (Å²) in [6.45, 7) is 0. The largest absolute Gasteiger partial charge is 0.461 e. The second kappa shape index (κ2) is 4.74. The van der Waals surface area contributed by atoms with Crippen LogP contribution in [0.4, 0.5) is 4.39 Å². The molecule has 2 rings (SSSR count). The van der Waals surface area contributed by atoms with Gasteiger partial charge in [0.1, 0.15) is 5.82 Å². The van der Waals surface area contributed by atoms with E-state index in [9.17, 15) is 14.0 Å². The lowest BCUT2D eigenvalue weighted by molar-refractivity contribution is 0.0876. The Balaban J connectivity index is 2.13. The summed E-state index contributed by atoms with van der Waals surface area (Å²) in [6, 6.07) is 8.60. The molecule has 0 amide bonds. The molecular formula is C13H9FO3. The standard InChI is InChI=1S/C13H9FO3/c14-10-5-2-1-4-9(10)11(15)8-12(16)13-6-3-7-17-13/h1-7H,8H2. The summed E-state index contributed by atoms with van der Waals surface area (Å²) in [4.78, 5) is 23.2. The molecule has 0 aliphatic carbocycles. The number of rotatable bonds is 4. The molecule has 0 atom stereocenters. The zero-order valence-electron chi connectivity index (χ0n) is 8.85. The quantitative estimate of drug-likeness (QED) is 0.601. The second-order valence-corrected chi connectivity index (χ2v) is 3.48. The lowest BCUT2D eigenvalue weighted by Crippen LogP contribution is -2.09. The molecule has 0 bridgehead atoms. The molecule has 2 aromatic rings. The van der Waals surface area contributed by atoms with Crippen molar-refractivity contribution in [3.05, 3.63) is 59.8 Å². The summed E-state index contributed by atoms with van der Waals surface area (Å²) in [5, 5.41) is 0. The van der Waals surface area contributed by atoms with E-state index in [4.69, 9.17) is 4.42 Å². The third-order valence-corrected chi connectivity index (χ3v) is 2.29. The fourth-order valence-electron chi connectivity index (χ4n) is 1.45. The average Bonchev–Trinajstić information content (AvgIpc) is 2.82. The van der Waals surface area contributed by atoms with Gasteiger partial charge >= 0.3 is 0 Å². The minimum absolute atomic E-state index is 0.0765. The van der Waals surface area contributed by atoms with Gasteiger partial charge in [-0.2, -0.15) is 0 Å². The number of carbonyl (C=O) groups excluding carboxylic acids is 2. The Labute approximate surface area is 96.9 Å². The molecule has 0 spiro atoms. The van der Waals surface area contributed by atoms with Crippen molar-refractivity contribution in [2.75, 3.05) is 0 Å². The first-order valence-corrected chi connectivity index (χ1v) is 5.03. The van der Waals surface area contributed by atoms with Crippen LogP contribution in [0.15, 0.2) is 47.1 Å². The monoisotopic (exact) mass is 232 g/mol. The van der Waals surface area contributed by atoms with Gasteiger partial charge < -0.3 is 4.42 Å². The van der Waals surface area contributed by atoms with Crippen molar-refractivity contribution in [2.45, 2.75) is 6.42 Å². The molecule has 0 fully saturated rings. The van der Waals surface area contributed by atoms with Gasteiger partial charge in [-0.05, 0) is 24.3 Å². The number of carbonyl (C=O) groups is 2. The Hall–Kier alpha value is -2.23. The molecule has 86 valence electrons. The maximum absolute atomic E-state index is 13.3. The third-order valence-electron chi connectivity index (χ3n) is 2.29. The number of benzene rings is 1. The maximum Gasteiger partial charge on any atom is 0.205 e. The van der Waals surface area contributed by atoms with E-state index in [0.29, 0.717) is 0 Å². The Morgan fingerprint density at radius 2 is 1.82 bits per heavy atom. The fraction of sp³-hybridized carbons (Fsp3) is 0.0769. The number of Topliss-reactive ketones (excluding diaryl/α,β-unsaturated/α-hetero) is 2. The van der Waals surface area contributed by atoms with Crippen LogP contribution in [0.2, 0.25) is 0 Å². The molecule has 17 heavy (non-hydrogen) atoms. The van der Waals surface area contributed by atoms with E-state index >= 15 is 0 Å². The highest BCUT2D eigenvalue weighted by molar-refractivity contribution is 6.12. The molecule has 1 heterocycles. The number of ketones is 2. The van der Waals surface area contributed by atoms with Gasteiger partial charge in [0, 0.05) is 0 Å². The summed E-state index contributed by atoms with van der Waals surface area (Å²) >= 11 is 0. The second-order valence-electron chi connectivity index (χ2n) is 3.48. The van der Waals surface area contributed by atoms with Crippen molar-refractivity contribution in [1.29, 1.82) is 0 Å². The van der Waals surface area contributed by atoms with Crippen molar-refractivity contribution >= 4 is 11.6 Å². The molecule has 1 aromatic heterocycles. The van der Waals surface area contributed by atoms with Crippen molar-refractivity contribution in [3.8, 4) is 0 Å². The van der Waals surface area contributed by atoms with E-state index in [0.717, 1.165) is 0 Å². The van der Waals surface area contributed by atoms with Crippen LogP contribution in [0, 0.1) is 5.82 Å². The molecule has 0 N–H and O–H groups in total. The van der Waals surface area contributed by atoms with Crippen molar-refractivity contribution in [3.63, 3.8) is 0 Å². The molecule has 0 aliphatic rings. The van der Waals surface area contributed by atoms with Crippen LogP contribution >= 0.6 is 0 Å². The van der Waals surface area contributed by atoms with Crippen LogP contribution in [-0.2, 0) is 0 Å². The van der Waals surface area contributed by atoms with E-state index in [1.807, 2.05) is 0 Å². The van der Waals surface area contributed by atoms with Crippen LogP contribution in [-0.4, -0.2) is 11.6 Å². The van der Waals surface area contributed by atoms with Gasteiger partial charge in [0.2, 0.25) is 5.78 Å². The van der Waals surface area contributed by atoms with Crippen molar-refractivity contribution in [1.82, 2.24) is 0 Å². The topological polar surface area (TPSA) is 47.3 Å². The van der Waals surface area contributed by atoms with Crippen LogP contribution < -0.4 is 0 Å². The highest BCUT2D eigenvalue weighted by Gasteiger charge is 2.17. The van der Waals surface area contributed by atoms with Gasteiger partial charge in [0.25, 0.3) is 0 Å². The normalized spacial score (nSPS) is 10.2. The predicted molar refractivity (Wildman–Crippen MR) is 58.4 cm³/mol. The first-order chi connectivity index (χ1) is 8.18. The lowest BCUT2D eigenvalue weighted by atomic mass is 10.0. The van der Waals surface area contributed by atoms with Crippen LogP contribution in [0.3, 0.4) is 0 Å². The van der Waals surface area contributed by atoms with Crippen molar-refractivity contribution in [2.24, 2.45) is 0 Å². The summed E-state index contributed by atoms with van der Waals surface area (Å²) in [5.74, 6) is -1.52. The molecule has 0 saturated heterocycles. The summed E-state index contributed by atoms with van der Waals surface area (Å²) in [6.07, 6.45) is 0.954. The number of halogens is 1. The Morgan fingerprint density at radius 1 is 1.06 bits per heavy atom. The SMILES string of the molecule is O=C(CC(=O)c1ccccc1F)c1ccco1. The summed E-state index contributed by atoms with van der Waals surface area (Å²) in [7, 11) is 0. The average molecular weight is 232 g/mol. The van der Waals surface area contributed by atoms with Crippen LogP contribution in [0.1, 0.15) is 27.3 Å². The smallest absolute Gasteiger partial charge is 0.205 e. The number of furan rings is 1. The van der Waals surface area contributed by atoms with Crippen molar-refractivity contribution < 1.29 is 18.4 Å². The number of hydrogen-bond acceptors (Lipinski definition) is 3. The predicted octanol–water partition coefficient (Wildman–Crippen LogP) is 2.87.